The van der Waals surface area contributed by atoms with Crippen LogP contribution in [0, 0.1) is 11.8 Å². The van der Waals surface area contributed by atoms with Crippen molar-refractivity contribution in [3.8, 4) is 0 Å². The third kappa shape index (κ3) is 2.50. The Morgan fingerprint density at radius 3 is 2.44 bits per heavy atom. The Balaban J connectivity index is 2.01. The molecular weight excluding hydrogens is 227 g/mol. The second-order valence-electron chi connectivity index (χ2n) is 4.21. The molecule has 2 rings (SSSR count). The summed E-state index contributed by atoms with van der Waals surface area (Å²) in [6.07, 6.45) is 5.58. The lowest BCUT2D eigenvalue weighted by atomic mass is 10.1. The van der Waals surface area contributed by atoms with Gasteiger partial charge in [0, 0.05) is 5.92 Å². The van der Waals surface area contributed by atoms with Crippen molar-refractivity contribution in [2.75, 3.05) is 13.2 Å². The molecule has 92 valence electrons. The fourth-order valence-electron chi connectivity index (χ4n) is 2.43. The molecule has 2 aliphatic carbocycles. The molecule has 2 unspecified atom stereocenters. The summed E-state index contributed by atoms with van der Waals surface area (Å²) >= 11 is 0. The maximum atomic E-state index is 12.1. The molecule has 0 aromatic rings. The van der Waals surface area contributed by atoms with Crippen molar-refractivity contribution in [1.29, 1.82) is 0 Å². The molecule has 0 aromatic carbocycles. The van der Waals surface area contributed by atoms with Gasteiger partial charge in [0.15, 0.2) is 0 Å². The first-order chi connectivity index (χ1) is 7.67. The molecule has 2 atom stereocenters. The standard InChI is InChI=1S/C11H19O4P/c1-3-13-16(12,14-4-2)15-11-8-9-5-6-10(11)7-9/h8-10H,3-7H2,1-2H3. The smallest absolute Gasteiger partial charge is 0.409 e. The van der Waals surface area contributed by atoms with Gasteiger partial charge >= 0.3 is 7.82 Å². The quantitative estimate of drug-likeness (QED) is 0.673. The summed E-state index contributed by atoms with van der Waals surface area (Å²) in [7, 11) is -3.37. The van der Waals surface area contributed by atoms with Crippen LogP contribution in [0.4, 0.5) is 0 Å². The van der Waals surface area contributed by atoms with Crippen molar-refractivity contribution in [3.63, 3.8) is 0 Å². The number of fused-ring (bicyclic) bond motifs is 2. The van der Waals surface area contributed by atoms with Gasteiger partial charge in [-0.2, -0.15) is 0 Å². The predicted molar refractivity (Wildman–Crippen MR) is 60.9 cm³/mol. The van der Waals surface area contributed by atoms with E-state index in [2.05, 4.69) is 6.08 Å². The molecule has 0 aromatic heterocycles. The molecule has 0 saturated heterocycles. The van der Waals surface area contributed by atoms with Crippen molar-refractivity contribution in [2.45, 2.75) is 33.1 Å². The summed E-state index contributed by atoms with van der Waals surface area (Å²) in [4.78, 5) is 0. The van der Waals surface area contributed by atoms with Crippen LogP contribution in [-0.2, 0) is 18.1 Å². The molecule has 0 amide bonds. The summed E-state index contributed by atoms with van der Waals surface area (Å²) in [5, 5.41) is 0. The number of rotatable bonds is 6. The molecule has 16 heavy (non-hydrogen) atoms. The molecule has 1 saturated carbocycles. The minimum Gasteiger partial charge on any atom is -0.409 e. The molecule has 0 aliphatic heterocycles. The zero-order chi connectivity index (χ0) is 11.6. The second kappa shape index (κ2) is 4.91. The van der Waals surface area contributed by atoms with E-state index >= 15 is 0 Å². The Bertz CT molecular complexity index is 316. The molecule has 2 aliphatic rings. The lowest BCUT2D eigenvalue weighted by Gasteiger charge is -2.21. The predicted octanol–water partition coefficient (Wildman–Crippen LogP) is 3.50. The van der Waals surface area contributed by atoms with Crippen LogP contribution in [0.5, 0.6) is 0 Å². The highest BCUT2D eigenvalue weighted by atomic mass is 31.2. The average molecular weight is 246 g/mol. The Morgan fingerprint density at radius 2 is 2.00 bits per heavy atom. The Morgan fingerprint density at radius 1 is 1.31 bits per heavy atom. The Hall–Kier alpha value is -0.310. The number of phosphoric acid groups is 1. The highest BCUT2D eigenvalue weighted by molar-refractivity contribution is 7.48. The van der Waals surface area contributed by atoms with Gasteiger partial charge in [-0.15, -0.1) is 0 Å². The van der Waals surface area contributed by atoms with E-state index in [9.17, 15) is 4.57 Å². The van der Waals surface area contributed by atoms with E-state index in [0.29, 0.717) is 25.0 Å². The van der Waals surface area contributed by atoms with Crippen LogP contribution >= 0.6 is 7.82 Å². The zero-order valence-corrected chi connectivity index (χ0v) is 10.7. The monoisotopic (exact) mass is 246 g/mol. The SMILES string of the molecule is CCOP(=O)(OCC)OC1=CC2CCC1C2. The van der Waals surface area contributed by atoms with Crippen molar-refractivity contribution < 1.29 is 18.1 Å². The molecule has 0 N–H and O–H groups in total. The largest absolute Gasteiger partial charge is 0.529 e. The van der Waals surface area contributed by atoms with Gasteiger partial charge in [0.1, 0.15) is 5.76 Å². The normalized spacial score (nSPS) is 28.2. The first-order valence-corrected chi connectivity index (χ1v) is 7.43. The highest BCUT2D eigenvalue weighted by Gasteiger charge is 2.39. The van der Waals surface area contributed by atoms with Gasteiger partial charge in [0.05, 0.1) is 13.2 Å². The summed E-state index contributed by atoms with van der Waals surface area (Å²) < 4.78 is 27.8. The van der Waals surface area contributed by atoms with E-state index in [-0.39, 0.29) is 0 Å². The van der Waals surface area contributed by atoms with Gasteiger partial charge in [-0.1, -0.05) is 0 Å². The summed E-state index contributed by atoms with van der Waals surface area (Å²) in [5.74, 6) is 1.86. The van der Waals surface area contributed by atoms with Crippen LogP contribution in [0.25, 0.3) is 0 Å². The Kier molecular flexibility index (Phi) is 3.73. The minimum atomic E-state index is -3.37. The van der Waals surface area contributed by atoms with E-state index in [0.717, 1.165) is 18.6 Å². The molecule has 0 radical (unpaired) electrons. The fraction of sp³-hybridized carbons (Fsp3) is 0.818. The van der Waals surface area contributed by atoms with Crippen LogP contribution in [0.2, 0.25) is 0 Å². The van der Waals surface area contributed by atoms with E-state index in [1.54, 1.807) is 13.8 Å². The maximum absolute atomic E-state index is 12.1. The van der Waals surface area contributed by atoms with Crippen molar-refractivity contribution in [3.05, 3.63) is 11.8 Å². The third-order valence-corrected chi connectivity index (χ3v) is 4.65. The van der Waals surface area contributed by atoms with Crippen LogP contribution in [-0.4, -0.2) is 13.2 Å². The summed E-state index contributed by atoms with van der Waals surface area (Å²) in [5.41, 5.74) is 0. The van der Waals surface area contributed by atoms with E-state index in [1.807, 2.05) is 0 Å². The Labute approximate surface area is 96.6 Å². The summed E-state index contributed by atoms with van der Waals surface area (Å²) in [6, 6.07) is 0. The average Bonchev–Trinajstić information content (AvgIpc) is 2.79. The second-order valence-corrected chi connectivity index (χ2v) is 5.81. The van der Waals surface area contributed by atoms with Gasteiger partial charge in [0.2, 0.25) is 0 Å². The number of hydrogen-bond acceptors (Lipinski definition) is 4. The number of phosphoric ester groups is 1. The molecule has 4 nitrogen and oxygen atoms in total. The van der Waals surface area contributed by atoms with E-state index < -0.39 is 7.82 Å². The lowest BCUT2D eigenvalue weighted by Crippen LogP contribution is -2.05. The highest BCUT2D eigenvalue weighted by Crippen LogP contribution is 2.56. The minimum absolute atomic E-state index is 0.332. The molecular formula is C11H19O4P. The van der Waals surface area contributed by atoms with Crippen LogP contribution in [0.15, 0.2) is 11.8 Å². The van der Waals surface area contributed by atoms with Crippen LogP contribution in [0.3, 0.4) is 0 Å². The number of hydrogen-bond donors (Lipinski definition) is 0. The van der Waals surface area contributed by atoms with Gasteiger partial charge in [-0.25, -0.2) is 4.57 Å². The zero-order valence-electron chi connectivity index (χ0n) is 9.85. The molecule has 0 spiro atoms. The molecule has 2 bridgehead atoms. The van der Waals surface area contributed by atoms with Gasteiger partial charge < -0.3 is 4.52 Å². The van der Waals surface area contributed by atoms with Gasteiger partial charge in [0.25, 0.3) is 0 Å². The topological polar surface area (TPSA) is 44.8 Å². The van der Waals surface area contributed by atoms with Crippen LogP contribution in [0.1, 0.15) is 33.1 Å². The first kappa shape index (κ1) is 12.2. The number of allylic oxidation sites excluding steroid dienone is 2. The maximum Gasteiger partial charge on any atom is 0.529 e. The van der Waals surface area contributed by atoms with Crippen molar-refractivity contribution in [1.82, 2.24) is 0 Å². The lowest BCUT2D eigenvalue weighted by molar-refractivity contribution is 0.138. The van der Waals surface area contributed by atoms with Crippen molar-refractivity contribution >= 4 is 7.82 Å². The summed E-state index contributed by atoms with van der Waals surface area (Å²) in [6.45, 7) is 4.23. The molecule has 0 heterocycles. The molecule has 1 fully saturated rings. The van der Waals surface area contributed by atoms with Crippen LogP contribution < -0.4 is 0 Å². The third-order valence-electron chi connectivity index (χ3n) is 3.07. The van der Waals surface area contributed by atoms with E-state index in [4.69, 9.17) is 13.6 Å². The fourth-order valence-corrected chi connectivity index (χ4v) is 3.72. The molecule has 5 heteroatoms. The van der Waals surface area contributed by atoms with Gasteiger partial charge in [-0.3, -0.25) is 9.05 Å². The first-order valence-electron chi connectivity index (χ1n) is 5.97. The van der Waals surface area contributed by atoms with E-state index in [1.165, 1.54) is 6.42 Å². The van der Waals surface area contributed by atoms with Crippen molar-refractivity contribution in [2.24, 2.45) is 11.8 Å². The van der Waals surface area contributed by atoms with Gasteiger partial charge in [-0.05, 0) is 45.1 Å².